The quantitative estimate of drug-likeness (QED) is 0.468. The molecule has 0 radical (unpaired) electrons. The fourth-order valence-corrected chi connectivity index (χ4v) is 2.81. The summed E-state index contributed by atoms with van der Waals surface area (Å²) in [6.45, 7) is 13.1. The van der Waals surface area contributed by atoms with Crippen LogP contribution in [0.2, 0.25) is 0 Å². The summed E-state index contributed by atoms with van der Waals surface area (Å²) < 4.78 is 5.43. The van der Waals surface area contributed by atoms with Gasteiger partial charge < -0.3 is 20.7 Å². The Balaban J connectivity index is 2.59. The lowest BCUT2D eigenvalue weighted by Gasteiger charge is -2.34. The molecule has 1 heterocycles. The van der Waals surface area contributed by atoms with Crippen LogP contribution in [0, 0.1) is 6.92 Å². The van der Waals surface area contributed by atoms with Crippen molar-refractivity contribution >= 4 is 12.1 Å². The summed E-state index contributed by atoms with van der Waals surface area (Å²) in [6.07, 6.45) is 5.74. The molecule has 1 aromatic rings. The van der Waals surface area contributed by atoms with E-state index in [0.717, 1.165) is 25.8 Å². The fraction of sp³-hybridized carbons (Fsp3) is 0.667. The van der Waals surface area contributed by atoms with E-state index in [2.05, 4.69) is 46.7 Å². The Morgan fingerprint density at radius 3 is 2.43 bits per heavy atom. The molecule has 7 heteroatoms. The van der Waals surface area contributed by atoms with E-state index in [1.165, 1.54) is 11.1 Å². The number of carbonyl (C=O) groups is 1. The van der Waals surface area contributed by atoms with E-state index in [1.54, 1.807) is 7.05 Å². The van der Waals surface area contributed by atoms with Gasteiger partial charge >= 0.3 is 6.09 Å². The second-order valence-electron chi connectivity index (χ2n) is 8.02. The van der Waals surface area contributed by atoms with Crippen molar-refractivity contribution in [1.29, 1.82) is 0 Å². The Labute approximate surface area is 169 Å². The predicted octanol–water partition coefficient (Wildman–Crippen LogP) is 3.18. The standard InChI is InChI=1S/C21H37N5O2/c1-8-21(9-2,26-19(27)28-20(4,5)6)15-25-18(22-7)24-13-11-17-10-12-23-14-16(17)3/h10,12,14H,8-9,11,13,15H2,1-7H3,(H,26,27)(H2,22,24,25). The van der Waals surface area contributed by atoms with Gasteiger partial charge in [0.1, 0.15) is 5.60 Å². The largest absolute Gasteiger partial charge is 0.444 e. The Kier molecular flexibility index (Phi) is 9.22. The smallest absolute Gasteiger partial charge is 0.408 e. The molecule has 0 unspecified atom stereocenters. The Hall–Kier alpha value is -2.31. The van der Waals surface area contributed by atoms with Crippen molar-refractivity contribution in [3.8, 4) is 0 Å². The summed E-state index contributed by atoms with van der Waals surface area (Å²) in [7, 11) is 1.74. The van der Waals surface area contributed by atoms with E-state index in [-0.39, 0.29) is 0 Å². The first-order valence-electron chi connectivity index (χ1n) is 10.00. The maximum Gasteiger partial charge on any atom is 0.408 e. The molecule has 1 rings (SSSR count). The van der Waals surface area contributed by atoms with Gasteiger partial charge in [-0.25, -0.2) is 4.79 Å². The Morgan fingerprint density at radius 2 is 1.89 bits per heavy atom. The van der Waals surface area contributed by atoms with E-state index in [0.29, 0.717) is 12.5 Å². The van der Waals surface area contributed by atoms with Gasteiger partial charge in [0.25, 0.3) is 0 Å². The molecule has 0 aliphatic heterocycles. The van der Waals surface area contributed by atoms with Gasteiger partial charge in [0.15, 0.2) is 5.96 Å². The summed E-state index contributed by atoms with van der Waals surface area (Å²) in [5.41, 5.74) is 1.53. The summed E-state index contributed by atoms with van der Waals surface area (Å²) >= 11 is 0. The van der Waals surface area contributed by atoms with Gasteiger partial charge in [-0.3, -0.25) is 9.98 Å². The van der Waals surface area contributed by atoms with Crippen LogP contribution >= 0.6 is 0 Å². The molecule has 1 amide bonds. The van der Waals surface area contributed by atoms with Gasteiger partial charge in [-0.1, -0.05) is 13.8 Å². The lowest BCUT2D eigenvalue weighted by Crippen LogP contribution is -2.57. The van der Waals surface area contributed by atoms with Gasteiger partial charge in [-0.05, 0) is 64.2 Å². The van der Waals surface area contributed by atoms with Crippen LogP contribution in [-0.2, 0) is 11.2 Å². The number of hydrogen-bond donors (Lipinski definition) is 3. The van der Waals surface area contributed by atoms with Crippen LogP contribution in [0.4, 0.5) is 4.79 Å². The first-order chi connectivity index (χ1) is 13.1. The SMILES string of the molecule is CCC(CC)(CNC(=NC)NCCc1ccncc1C)NC(=O)OC(C)(C)C. The number of carbonyl (C=O) groups excluding carboxylic acids is 1. The lowest BCUT2D eigenvalue weighted by atomic mass is 9.93. The van der Waals surface area contributed by atoms with Crippen molar-refractivity contribution in [2.45, 2.75) is 71.9 Å². The third-order valence-electron chi connectivity index (χ3n) is 4.76. The van der Waals surface area contributed by atoms with E-state index < -0.39 is 17.2 Å². The van der Waals surface area contributed by atoms with Gasteiger partial charge in [-0.15, -0.1) is 0 Å². The molecule has 0 saturated carbocycles. The highest BCUT2D eigenvalue weighted by atomic mass is 16.6. The number of alkyl carbamates (subject to hydrolysis) is 1. The van der Waals surface area contributed by atoms with Gasteiger partial charge in [0, 0.05) is 32.5 Å². The van der Waals surface area contributed by atoms with E-state index >= 15 is 0 Å². The monoisotopic (exact) mass is 391 g/mol. The average molecular weight is 392 g/mol. The Bertz CT molecular complexity index is 648. The van der Waals surface area contributed by atoms with E-state index in [9.17, 15) is 4.79 Å². The topological polar surface area (TPSA) is 87.6 Å². The van der Waals surface area contributed by atoms with Crippen molar-refractivity contribution in [2.24, 2.45) is 4.99 Å². The number of nitrogens with one attached hydrogen (secondary N) is 3. The van der Waals surface area contributed by atoms with Crippen molar-refractivity contribution in [3.05, 3.63) is 29.6 Å². The van der Waals surface area contributed by atoms with Crippen LogP contribution in [0.3, 0.4) is 0 Å². The van der Waals surface area contributed by atoms with Crippen LogP contribution in [0.15, 0.2) is 23.5 Å². The normalized spacial score (nSPS) is 12.5. The summed E-state index contributed by atoms with van der Waals surface area (Å²) in [4.78, 5) is 20.7. The number of rotatable bonds is 8. The maximum atomic E-state index is 12.3. The van der Waals surface area contributed by atoms with E-state index in [1.807, 2.05) is 39.2 Å². The second-order valence-corrected chi connectivity index (χ2v) is 8.02. The minimum Gasteiger partial charge on any atom is -0.444 e. The first kappa shape index (κ1) is 23.7. The zero-order chi connectivity index (χ0) is 21.2. The van der Waals surface area contributed by atoms with Crippen molar-refractivity contribution in [1.82, 2.24) is 20.9 Å². The third kappa shape index (κ3) is 8.15. The van der Waals surface area contributed by atoms with Crippen LogP contribution in [0.25, 0.3) is 0 Å². The van der Waals surface area contributed by atoms with Crippen molar-refractivity contribution < 1.29 is 9.53 Å². The van der Waals surface area contributed by atoms with Crippen LogP contribution < -0.4 is 16.0 Å². The van der Waals surface area contributed by atoms with Crippen LogP contribution in [-0.4, -0.2) is 48.3 Å². The number of aromatic nitrogens is 1. The molecular formula is C21H37N5O2. The number of aliphatic imine (C=N–C) groups is 1. The average Bonchev–Trinajstić information content (AvgIpc) is 2.63. The minimum absolute atomic E-state index is 0.394. The molecule has 3 N–H and O–H groups in total. The third-order valence-corrected chi connectivity index (χ3v) is 4.76. The highest BCUT2D eigenvalue weighted by molar-refractivity contribution is 5.79. The van der Waals surface area contributed by atoms with Gasteiger partial charge in [0.05, 0.1) is 5.54 Å². The number of aryl methyl sites for hydroxylation is 1. The zero-order valence-corrected chi connectivity index (χ0v) is 18.5. The van der Waals surface area contributed by atoms with Crippen molar-refractivity contribution in [2.75, 3.05) is 20.1 Å². The number of amides is 1. The molecule has 0 saturated heterocycles. The molecule has 7 nitrogen and oxygen atoms in total. The van der Waals surface area contributed by atoms with Crippen LogP contribution in [0.5, 0.6) is 0 Å². The van der Waals surface area contributed by atoms with Crippen molar-refractivity contribution in [3.63, 3.8) is 0 Å². The highest BCUT2D eigenvalue weighted by Crippen LogP contribution is 2.16. The molecule has 0 fully saturated rings. The molecule has 0 atom stereocenters. The number of nitrogens with zero attached hydrogens (tertiary/aromatic N) is 2. The molecule has 0 aliphatic carbocycles. The summed E-state index contributed by atoms with van der Waals surface area (Å²) in [5, 5.41) is 9.71. The number of hydrogen-bond acceptors (Lipinski definition) is 4. The summed E-state index contributed by atoms with van der Waals surface area (Å²) in [5.74, 6) is 0.712. The maximum absolute atomic E-state index is 12.3. The fourth-order valence-electron chi connectivity index (χ4n) is 2.81. The minimum atomic E-state index is -0.520. The van der Waals surface area contributed by atoms with Gasteiger partial charge in [-0.2, -0.15) is 0 Å². The van der Waals surface area contributed by atoms with Crippen LogP contribution in [0.1, 0.15) is 58.6 Å². The highest BCUT2D eigenvalue weighted by Gasteiger charge is 2.30. The second kappa shape index (κ2) is 10.9. The molecule has 1 aromatic heterocycles. The first-order valence-corrected chi connectivity index (χ1v) is 10.00. The molecule has 0 spiro atoms. The lowest BCUT2D eigenvalue weighted by molar-refractivity contribution is 0.0448. The molecule has 0 aliphatic rings. The molecule has 0 aromatic carbocycles. The predicted molar refractivity (Wildman–Crippen MR) is 115 cm³/mol. The zero-order valence-electron chi connectivity index (χ0n) is 18.5. The summed E-state index contributed by atoms with van der Waals surface area (Å²) in [6, 6.07) is 2.04. The number of ether oxygens (including phenoxy) is 1. The molecule has 158 valence electrons. The molecule has 0 bridgehead atoms. The Morgan fingerprint density at radius 1 is 1.21 bits per heavy atom. The molecular weight excluding hydrogens is 354 g/mol. The number of guanidine groups is 1. The molecule has 28 heavy (non-hydrogen) atoms. The number of pyridine rings is 1. The van der Waals surface area contributed by atoms with E-state index in [4.69, 9.17) is 4.74 Å². The van der Waals surface area contributed by atoms with Gasteiger partial charge in [0.2, 0.25) is 0 Å².